The van der Waals surface area contributed by atoms with E-state index >= 15 is 0 Å². The zero-order valence-electron chi connectivity index (χ0n) is 24.6. The van der Waals surface area contributed by atoms with Gasteiger partial charge in [-0.2, -0.15) is 0 Å². The lowest BCUT2D eigenvalue weighted by Crippen LogP contribution is -1.93. The molecule has 7 aromatic carbocycles. The largest absolute Gasteiger partial charge is 0.456 e. The first-order chi connectivity index (χ1) is 22.8. The quantitative estimate of drug-likeness (QED) is 0.201. The van der Waals surface area contributed by atoms with E-state index in [4.69, 9.17) is 8.83 Å². The first kappa shape index (κ1) is 24.1. The van der Waals surface area contributed by atoms with Crippen LogP contribution in [-0.4, -0.2) is 9.13 Å². The predicted molar refractivity (Wildman–Crippen MR) is 190 cm³/mol. The number of hydrogen-bond donors (Lipinski definition) is 0. The van der Waals surface area contributed by atoms with Crippen molar-refractivity contribution in [1.29, 1.82) is 0 Å². The molecule has 0 saturated heterocycles. The fourth-order valence-electron chi connectivity index (χ4n) is 7.70. The zero-order valence-corrected chi connectivity index (χ0v) is 24.6. The Kier molecular flexibility index (Phi) is 4.55. The third kappa shape index (κ3) is 3.12. The van der Waals surface area contributed by atoms with Crippen molar-refractivity contribution in [2.24, 2.45) is 0 Å². The lowest BCUT2D eigenvalue weighted by Gasteiger charge is -2.07. The number of rotatable bonds is 2. The van der Waals surface area contributed by atoms with Crippen LogP contribution >= 0.6 is 0 Å². The van der Waals surface area contributed by atoms with Crippen molar-refractivity contribution < 1.29 is 8.83 Å². The molecule has 0 radical (unpaired) electrons. The maximum Gasteiger partial charge on any atom is 0.139 e. The van der Waals surface area contributed by atoms with Crippen molar-refractivity contribution in [3.63, 3.8) is 0 Å². The number of para-hydroxylation sites is 4. The number of hydrogen-bond acceptors (Lipinski definition) is 2. The summed E-state index contributed by atoms with van der Waals surface area (Å²) >= 11 is 0. The molecular weight excluding hydrogens is 564 g/mol. The Hall–Kier alpha value is -6.26. The number of fused-ring (bicyclic) bond motifs is 12. The van der Waals surface area contributed by atoms with E-state index < -0.39 is 0 Å². The Morgan fingerprint density at radius 1 is 0.283 bits per heavy atom. The van der Waals surface area contributed by atoms with Gasteiger partial charge in [0.2, 0.25) is 0 Å². The number of furan rings is 2. The molecule has 4 aromatic heterocycles. The lowest BCUT2D eigenvalue weighted by molar-refractivity contribution is 0.656. The average Bonchev–Trinajstić information content (AvgIpc) is 3.83. The van der Waals surface area contributed by atoms with E-state index in [0.717, 1.165) is 55.3 Å². The van der Waals surface area contributed by atoms with E-state index in [1.54, 1.807) is 0 Å². The third-order valence-electron chi connectivity index (χ3n) is 9.71. The van der Waals surface area contributed by atoms with Crippen LogP contribution in [0, 0.1) is 0 Å². The summed E-state index contributed by atoms with van der Waals surface area (Å²) in [6.45, 7) is 0. The highest BCUT2D eigenvalue weighted by Crippen LogP contribution is 2.40. The van der Waals surface area contributed by atoms with Crippen molar-refractivity contribution in [1.82, 2.24) is 9.13 Å². The predicted octanol–water partition coefficient (Wildman–Crippen LogP) is 11.7. The van der Waals surface area contributed by atoms with Crippen molar-refractivity contribution in [2.75, 3.05) is 0 Å². The highest BCUT2D eigenvalue weighted by atomic mass is 16.3. The van der Waals surface area contributed by atoms with E-state index in [0.29, 0.717) is 0 Å². The summed E-state index contributed by atoms with van der Waals surface area (Å²) in [5, 5.41) is 9.35. The van der Waals surface area contributed by atoms with Crippen LogP contribution in [0.15, 0.2) is 154 Å². The van der Waals surface area contributed by atoms with Crippen LogP contribution in [0.25, 0.3) is 98.9 Å². The van der Waals surface area contributed by atoms with Gasteiger partial charge in [-0.25, -0.2) is 0 Å². The molecule has 11 rings (SSSR count). The Labute approximate surface area is 261 Å². The number of benzene rings is 7. The van der Waals surface area contributed by atoms with Crippen LogP contribution in [0.4, 0.5) is 0 Å². The van der Waals surface area contributed by atoms with E-state index in [2.05, 4.69) is 149 Å². The van der Waals surface area contributed by atoms with Gasteiger partial charge in [0.15, 0.2) is 0 Å². The normalized spacial score (nSPS) is 12.3. The Balaban J connectivity index is 1.09. The standard InChI is InChI=1S/C42H24N2O2/c1-5-13-35-27(9-1)28-10-2-6-14-36(28)43(35)25-17-19-31-33-23-34-32-20-18-26(22-40(32)46-42(34)24-41(33)45-39(31)21-25)44-37-15-7-3-11-29(37)30-12-4-8-16-38(30)44/h1-24H. The summed E-state index contributed by atoms with van der Waals surface area (Å²) in [6.07, 6.45) is 0. The van der Waals surface area contributed by atoms with E-state index in [-0.39, 0.29) is 0 Å². The number of aromatic nitrogens is 2. The van der Waals surface area contributed by atoms with Gasteiger partial charge in [0.05, 0.1) is 22.1 Å². The first-order valence-corrected chi connectivity index (χ1v) is 15.6. The fraction of sp³-hybridized carbons (Fsp3) is 0. The zero-order chi connectivity index (χ0) is 29.9. The average molecular weight is 589 g/mol. The van der Waals surface area contributed by atoms with Crippen LogP contribution in [0.3, 0.4) is 0 Å². The van der Waals surface area contributed by atoms with Crippen LogP contribution in [-0.2, 0) is 0 Å². The van der Waals surface area contributed by atoms with E-state index in [9.17, 15) is 0 Å². The highest BCUT2D eigenvalue weighted by Gasteiger charge is 2.18. The molecule has 0 aliphatic rings. The van der Waals surface area contributed by atoms with Gasteiger partial charge in [0.1, 0.15) is 22.3 Å². The van der Waals surface area contributed by atoms with Crippen molar-refractivity contribution in [3.05, 3.63) is 146 Å². The molecule has 0 fully saturated rings. The minimum atomic E-state index is 0.823. The summed E-state index contributed by atoms with van der Waals surface area (Å²) in [4.78, 5) is 0. The first-order valence-electron chi connectivity index (χ1n) is 15.6. The van der Waals surface area contributed by atoms with Crippen LogP contribution < -0.4 is 0 Å². The monoisotopic (exact) mass is 588 g/mol. The molecule has 0 atom stereocenters. The van der Waals surface area contributed by atoms with Crippen LogP contribution in [0.2, 0.25) is 0 Å². The van der Waals surface area contributed by atoms with Gasteiger partial charge in [-0.3, -0.25) is 0 Å². The van der Waals surface area contributed by atoms with Gasteiger partial charge in [-0.1, -0.05) is 72.8 Å². The van der Waals surface area contributed by atoms with Gasteiger partial charge >= 0.3 is 0 Å². The summed E-state index contributed by atoms with van der Waals surface area (Å²) < 4.78 is 17.7. The van der Waals surface area contributed by atoms with Gasteiger partial charge in [0.25, 0.3) is 0 Å². The molecule has 0 bridgehead atoms. The van der Waals surface area contributed by atoms with Crippen LogP contribution in [0.5, 0.6) is 0 Å². The third-order valence-corrected chi connectivity index (χ3v) is 9.71. The van der Waals surface area contributed by atoms with Gasteiger partial charge in [0, 0.05) is 72.7 Å². The second kappa shape index (κ2) is 8.68. The molecule has 0 spiro atoms. The molecule has 0 saturated carbocycles. The summed E-state index contributed by atoms with van der Waals surface area (Å²) in [5.74, 6) is 0. The Morgan fingerprint density at radius 3 is 1.02 bits per heavy atom. The summed E-state index contributed by atoms with van der Waals surface area (Å²) in [6, 6.07) is 51.7. The van der Waals surface area contributed by atoms with Crippen LogP contribution in [0.1, 0.15) is 0 Å². The van der Waals surface area contributed by atoms with Crippen molar-refractivity contribution in [2.45, 2.75) is 0 Å². The minimum Gasteiger partial charge on any atom is -0.456 e. The maximum atomic E-state index is 6.52. The smallest absolute Gasteiger partial charge is 0.139 e. The SMILES string of the molecule is c1ccc2c(c1)c1ccccc1n2-c1ccc2c(c1)oc1cc3oc4cc(-n5c6ccccc6c6ccccc65)ccc4c3cc12. The Morgan fingerprint density at radius 2 is 0.630 bits per heavy atom. The van der Waals surface area contributed by atoms with Gasteiger partial charge in [-0.05, 0) is 54.6 Å². The van der Waals surface area contributed by atoms with E-state index in [1.165, 1.54) is 43.6 Å². The van der Waals surface area contributed by atoms with Gasteiger partial charge in [-0.15, -0.1) is 0 Å². The molecule has 46 heavy (non-hydrogen) atoms. The minimum absolute atomic E-state index is 0.823. The molecule has 0 aliphatic heterocycles. The highest BCUT2D eigenvalue weighted by molar-refractivity contribution is 6.16. The molecule has 11 aromatic rings. The molecule has 214 valence electrons. The molecule has 4 heteroatoms. The molecule has 0 unspecified atom stereocenters. The van der Waals surface area contributed by atoms with Gasteiger partial charge < -0.3 is 18.0 Å². The molecule has 4 nitrogen and oxygen atoms in total. The maximum absolute atomic E-state index is 6.52. The number of nitrogens with zero attached hydrogens (tertiary/aromatic N) is 2. The fourth-order valence-corrected chi connectivity index (χ4v) is 7.70. The second-order valence-electron chi connectivity index (χ2n) is 12.1. The second-order valence-corrected chi connectivity index (χ2v) is 12.1. The molecular formula is C42H24N2O2. The van der Waals surface area contributed by atoms with Crippen molar-refractivity contribution >= 4 is 87.5 Å². The Bertz CT molecular complexity index is 2730. The molecule has 0 N–H and O–H groups in total. The topological polar surface area (TPSA) is 36.1 Å². The summed E-state index contributed by atoms with van der Waals surface area (Å²) in [5.41, 5.74) is 10.3. The molecule has 4 heterocycles. The molecule has 0 amide bonds. The molecule has 0 aliphatic carbocycles. The van der Waals surface area contributed by atoms with Crippen molar-refractivity contribution in [3.8, 4) is 11.4 Å². The van der Waals surface area contributed by atoms with E-state index in [1.807, 2.05) is 6.07 Å². The lowest BCUT2D eigenvalue weighted by atomic mass is 10.1. The summed E-state index contributed by atoms with van der Waals surface area (Å²) in [7, 11) is 0.